The van der Waals surface area contributed by atoms with Crippen molar-refractivity contribution in [1.82, 2.24) is 0 Å². The summed E-state index contributed by atoms with van der Waals surface area (Å²) < 4.78 is 0. The highest BCUT2D eigenvalue weighted by atomic mass is 31.1. The van der Waals surface area contributed by atoms with Crippen LogP contribution < -0.4 is 41.6 Å². The number of aryl methyl sites for hydroxylation is 2. The van der Waals surface area contributed by atoms with Gasteiger partial charge in [-0.25, -0.2) is 0 Å². The quantitative estimate of drug-likeness (QED) is 0.151. The topological polar surface area (TPSA) is 6.48 Å². The first-order valence-electron chi connectivity index (χ1n) is 15.8. The molecule has 0 unspecified atom stereocenters. The second-order valence-electron chi connectivity index (χ2n) is 12.1. The van der Waals surface area contributed by atoms with Crippen molar-refractivity contribution < 1.29 is 0 Å². The number of rotatable bonds is 9. The fraction of sp³-hybridized carbons (Fsp3) is 0.143. The van der Waals surface area contributed by atoms with Gasteiger partial charge < -0.3 is 9.80 Å². The number of anilines is 2. The van der Waals surface area contributed by atoms with Crippen LogP contribution in [0.5, 0.6) is 0 Å². The molecule has 46 heavy (non-hydrogen) atoms. The molecular weight excluding hydrogens is 594 g/mol. The van der Waals surface area contributed by atoms with Crippen molar-refractivity contribution in [3.05, 3.63) is 157 Å². The normalized spacial score (nSPS) is 11.2. The molecule has 0 radical (unpaired) electrons. The van der Waals surface area contributed by atoms with E-state index in [2.05, 4.69) is 197 Å². The Morgan fingerprint density at radius 2 is 0.826 bits per heavy atom. The number of hydrogen-bond donors (Lipinski definition) is 0. The molecule has 230 valence electrons. The van der Waals surface area contributed by atoms with E-state index in [0.717, 1.165) is 0 Å². The molecule has 0 amide bonds. The lowest BCUT2D eigenvalue weighted by Crippen LogP contribution is -2.39. The van der Waals surface area contributed by atoms with Crippen LogP contribution in [-0.4, -0.2) is 28.2 Å². The molecule has 0 aliphatic rings. The van der Waals surface area contributed by atoms with E-state index in [1.807, 2.05) is 0 Å². The smallest absolute Gasteiger partial charge is 0.0455 e. The van der Waals surface area contributed by atoms with E-state index in [1.54, 1.807) is 0 Å². The molecular formula is C42H42N2P2. The molecule has 0 bridgehead atoms. The Kier molecular flexibility index (Phi) is 9.70. The first-order valence-corrected chi connectivity index (χ1v) is 18.5. The van der Waals surface area contributed by atoms with Crippen LogP contribution in [0.2, 0.25) is 0 Å². The Morgan fingerprint density at radius 1 is 0.413 bits per heavy atom. The van der Waals surface area contributed by atoms with Gasteiger partial charge in [-0.2, -0.15) is 0 Å². The lowest BCUT2D eigenvalue weighted by Gasteiger charge is -2.34. The highest BCUT2D eigenvalue weighted by Crippen LogP contribution is 2.46. The Bertz CT molecular complexity index is 1830. The van der Waals surface area contributed by atoms with Gasteiger partial charge in [0.1, 0.15) is 0 Å². The molecule has 4 heteroatoms. The van der Waals surface area contributed by atoms with Crippen LogP contribution in [0, 0.1) is 13.8 Å². The third-order valence-electron chi connectivity index (χ3n) is 8.43. The molecule has 6 rings (SSSR count). The molecule has 0 heterocycles. The molecule has 0 saturated carbocycles. The second-order valence-corrected chi connectivity index (χ2v) is 16.4. The van der Waals surface area contributed by atoms with Crippen LogP contribution in [0.15, 0.2) is 146 Å². The van der Waals surface area contributed by atoms with E-state index in [1.165, 1.54) is 65.5 Å². The number of benzene rings is 6. The second kappa shape index (κ2) is 14.0. The van der Waals surface area contributed by atoms with E-state index < -0.39 is 15.8 Å². The fourth-order valence-corrected chi connectivity index (χ4v) is 12.0. The lowest BCUT2D eigenvalue weighted by molar-refractivity contribution is 1.13. The summed E-state index contributed by atoms with van der Waals surface area (Å²) >= 11 is 0. The summed E-state index contributed by atoms with van der Waals surface area (Å²) in [4.78, 5) is 4.53. The summed E-state index contributed by atoms with van der Waals surface area (Å²) in [6, 6.07) is 54.1. The molecule has 0 aromatic heterocycles. The van der Waals surface area contributed by atoms with Crippen LogP contribution >= 0.6 is 15.8 Å². The molecule has 0 aliphatic heterocycles. The minimum atomic E-state index is -0.935. The van der Waals surface area contributed by atoms with Gasteiger partial charge >= 0.3 is 0 Å². The molecule has 0 atom stereocenters. The zero-order chi connectivity index (χ0) is 32.2. The maximum atomic E-state index is 2.44. The average Bonchev–Trinajstić information content (AvgIpc) is 3.08. The van der Waals surface area contributed by atoms with E-state index in [-0.39, 0.29) is 0 Å². The van der Waals surface area contributed by atoms with Crippen LogP contribution in [0.4, 0.5) is 11.4 Å². The molecule has 0 saturated heterocycles. The monoisotopic (exact) mass is 636 g/mol. The first-order chi connectivity index (χ1) is 22.3. The predicted octanol–water partition coefficient (Wildman–Crippen LogP) is 7.62. The Labute approximate surface area is 277 Å². The van der Waals surface area contributed by atoms with Gasteiger partial charge in [-0.1, -0.05) is 127 Å². The van der Waals surface area contributed by atoms with Crippen molar-refractivity contribution in [2.75, 3.05) is 38.0 Å². The lowest BCUT2D eigenvalue weighted by atomic mass is 9.95. The van der Waals surface area contributed by atoms with Gasteiger partial charge in [-0.05, 0) is 91.4 Å². The maximum absolute atomic E-state index is 2.44. The highest BCUT2D eigenvalue weighted by Gasteiger charge is 2.33. The molecule has 0 aliphatic carbocycles. The predicted molar refractivity (Wildman–Crippen MR) is 207 cm³/mol. The summed E-state index contributed by atoms with van der Waals surface area (Å²) in [6.07, 6.45) is 0. The fourth-order valence-electron chi connectivity index (χ4n) is 6.22. The van der Waals surface area contributed by atoms with Crippen LogP contribution in [0.1, 0.15) is 11.1 Å². The average molecular weight is 637 g/mol. The first kappa shape index (κ1) is 31.7. The largest absolute Gasteiger partial charge is 0.378 e. The van der Waals surface area contributed by atoms with E-state index >= 15 is 0 Å². The third kappa shape index (κ3) is 6.39. The van der Waals surface area contributed by atoms with Gasteiger partial charge in [0.15, 0.2) is 0 Å². The van der Waals surface area contributed by atoms with Gasteiger partial charge in [0.05, 0.1) is 0 Å². The van der Waals surface area contributed by atoms with Gasteiger partial charge in [0, 0.05) is 50.2 Å². The zero-order valence-electron chi connectivity index (χ0n) is 27.6. The van der Waals surface area contributed by atoms with Crippen molar-refractivity contribution in [3.8, 4) is 11.1 Å². The third-order valence-corrected chi connectivity index (χ3v) is 13.7. The van der Waals surface area contributed by atoms with Crippen LogP contribution in [0.25, 0.3) is 11.1 Å². The summed E-state index contributed by atoms with van der Waals surface area (Å²) in [6.45, 7) is 4.58. The van der Waals surface area contributed by atoms with Crippen molar-refractivity contribution in [2.24, 2.45) is 0 Å². The van der Waals surface area contributed by atoms with Crippen LogP contribution in [-0.2, 0) is 0 Å². The van der Waals surface area contributed by atoms with Gasteiger partial charge in [0.2, 0.25) is 0 Å². The Hall–Kier alpha value is -4.22. The van der Waals surface area contributed by atoms with Gasteiger partial charge in [-0.3, -0.25) is 0 Å². The standard InChI is InChI=1S/C42H42N2P2/c1-31-29-33(43(3)4)27-28-38(31)40-32(2)30-39(44(5)6)41(45(34-19-11-7-12-20-34)35-21-13-8-14-22-35)42(40)46(36-23-15-9-16-24-36)37-25-17-10-18-26-37/h7-30H,1-6H3. The minimum absolute atomic E-state index is 0.912. The SMILES string of the molecule is Cc1cc(N(C)C)ccc1-c1c(C)cc(N(C)C)c(P(c2ccccc2)c2ccccc2)c1P(c1ccccc1)c1ccccc1. The zero-order valence-corrected chi connectivity index (χ0v) is 29.4. The summed E-state index contributed by atoms with van der Waals surface area (Å²) in [7, 11) is 6.80. The highest BCUT2D eigenvalue weighted by molar-refractivity contribution is 7.85. The molecule has 0 N–H and O–H groups in total. The Balaban J connectivity index is 1.83. The number of hydrogen-bond acceptors (Lipinski definition) is 2. The summed E-state index contributed by atoms with van der Waals surface area (Å²) in [5.74, 6) is 0. The van der Waals surface area contributed by atoms with Gasteiger partial charge in [-0.15, -0.1) is 0 Å². The molecule has 2 nitrogen and oxygen atoms in total. The summed E-state index contributed by atoms with van der Waals surface area (Å²) in [5, 5.41) is 8.33. The molecule has 6 aromatic carbocycles. The molecule has 6 aromatic rings. The molecule has 0 spiro atoms. The molecule has 0 fully saturated rings. The van der Waals surface area contributed by atoms with E-state index in [9.17, 15) is 0 Å². The van der Waals surface area contributed by atoms with Crippen LogP contribution in [0.3, 0.4) is 0 Å². The maximum Gasteiger partial charge on any atom is 0.0455 e. The van der Waals surface area contributed by atoms with E-state index in [4.69, 9.17) is 0 Å². The van der Waals surface area contributed by atoms with Crippen molar-refractivity contribution in [2.45, 2.75) is 13.8 Å². The van der Waals surface area contributed by atoms with Crippen molar-refractivity contribution in [1.29, 1.82) is 0 Å². The minimum Gasteiger partial charge on any atom is -0.378 e. The summed E-state index contributed by atoms with van der Waals surface area (Å²) in [5.41, 5.74) is 7.77. The Morgan fingerprint density at radius 3 is 1.20 bits per heavy atom. The number of nitrogens with zero attached hydrogens (tertiary/aromatic N) is 2. The van der Waals surface area contributed by atoms with Gasteiger partial charge in [0.25, 0.3) is 0 Å². The van der Waals surface area contributed by atoms with E-state index in [0.29, 0.717) is 0 Å². The van der Waals surface area contributed by atoms with Crippen molar-refractivity contribution in [3.63, 3.8) is 0 Å². The van der Waals surface area contributed by atoms with Crippen molar-refractivity contribution >= 4 is 59.0 Å².